The van der Waals surface area contributed by atoms with Crippen LogP contribution in [-0.4, -0.2) is 74.2 Å². The Hall–Kier alpha value is -0.650. The van der Waals surface area contributed by atoms with Gasteiger partial charge in [-0.05, 0) is 39.8 Å². The molecule has 1 saturated heterocycles. The van der Waals surface area contributed by atoms with Crippen molar-refractivity contribution in [1.29, 1.82) is 0 Å². The summed E-state index contributed by atoms with van der Waals surface area (Å²) in [5.41, 5.74) is -0.468. The molecule has 1 aliphatic carbocycles. The maximum atomic E-state index is 12.1. The third-order valence-electron chi connectivity index (χ3n) is 5.34. The molecule has 1 saturated carbocycles. The quantitative estimate of drug-likeness (QED) is 0.769. The molecule has 3 atom stereocenters. The second kappa shape index (κ2) is 6.41. The van der Waals surface area contributed by atoms with E-state index in [9.17, 15) is 4.79 Å². The maximum absolute atomic E-state index is 12.1. The highest BCUT2D eigenvalue weighted by atomic mass is 16.5. The van der Waals surface area contributed by atoms with Crippen LogP contribution in [0.3, 0.4) is 0 Å². The second-order valence-electron chi connectivity index (χ2n) is 6.26. The van der Waals surface area contributed by atoms with E-state index in [0.717, 1.165) is 38.9 Å². The summed E-state index contributed by atoms with van der Waals surface area (Å²) in [6, 6.07) is 1.15. The van der Waals surface area contributed by atoms with Crippen LogP contribution in [0.1, 0.15) is 32.6 Å². The minimum absolute atomic E-state index is 0.108. The summed E-state index contributed by atoms with van der Waals surface area (Å²) in [5, 5.41) is 3.22. The zero-order valence-electron chi connectivity index (χ0n) is 13.3. The first kappa shape index (κ1) is 15.7. The van der Waals surface area contributed by atoms with Crippen molar-refractivity contribution in [3.05, 3.63) is 0 Å². The number of methoxy groups -OCH3 is 1. The van der Waals surface area contributed by atoms with Crippen LogP contribution in [0.25, 0.3) is 0 Å². The number of esters is 1. The Morgan fingerprint density at radius 1 is 1.45 bits per heavy atom. The molecule has 2 aliphatic rings. The fourth-order valence-corrected chi connectivity index (χ4v) is 3.78. The maximum Gasteiger partial charge on any atom is 0.326 e. The first-order chi connectivity index (χ1) is 9.56. The number of piperazine rings is 1. The van der Waals surface area contributed by atoms with Crippen LogP contribution in [-0.2, 0) is 9.53 Å². The van der Waals surface area contributed by atoms with Crippen molar-refractivity contribution in [2.75, 3.05) is 40.8 Å². The monoisotopic (exact) mass is 283 g/mol. The van der Waals surface area contributed by atoms with Crippen molar-refractivity contribution >= 4 is 5.97 Å². The molecule has 116 valence electrons. The summed E-state index contributed by atoms with van der Waals surface area (Å²) < 4.78 is 5.00. The van der Waals surface area contributed by atoms with E-state index in [1.165, 1.54) is 13.5 Å². The Morgan fingerprint density at radius 3 is 2.80 bits per heavy atom. The zero-order chi connectivity index (χ0) is 14.8. The summed E-state index contributed by atoms with van der Waals surface area (Å²) in [7, 11) is 5.57. The van der Waals surface area contributed by atoms with Gasteiger partial charge >= 0.3 is 5.97 Å². The molecule has 5 heteroatoms. The van der Waals surface area contributed by atoms with Gasteiger partial charge in [-0.1, -0.05) is 6.92 Å². The molecular weight excluding hydrogens is 254 g/mol. The summed E-state index contributed by atoms with van der Waals surface area (Å²) in [6.07, 6.45) is 4.02. The lowest BCUT2D eigenvalue weighted by atomic mass is 9.97. The van der Waals surface area contributed by atoms with E-state index in [0.29, 0.717) is 12.1 Å². The minimum atomic E-state index is -0.468. The number of carbonyl (C=O) groups is 1. The molecular formula is C15H29N3O2. The number of rotatable bonds is 4. The van der Waals surface area contributed by atoms with Gasteiger partial charge < -0.3 is 15.0 Å². The van der Waals surface area contributed by atoms with Gasteiger partial charge in [-0.15, -0.1) is 0 Å². The molecule has 0 aromatic carbocycles. The van der Waals surface area contributed by atoms with Crippen LogP contribution in [0.4, 0.5) is 0 Å². The van der Waals surface area contributed by atoms with Gasteiger partial charge in [0, 0.05) is 31.7 Å². The molecule has 0 aromatic rings. The first-order valence-corrected chi connectivity index (χ1v) is 7.78. The largest absolute Gasteiger partial charge is 0.468 e. The summed E-state index contributed by atoms with van der Waals surface area (Å²) in [4.78, 5) is 17.1. The fraction of sp³-hybridized carbons (Fsp3) is 0.933. The lowest BCUT2D eigenvalue weighted by Crippen LogP contribution is -2.55. The van der Waals surface area contributed by atoms with E-state index < -0.39 is 5.54 Å². The molecule has 3 unspecified atom stereocenters. The molecule has 0 aromatic heterocycles. The molecule has 2 fully saturated rings. The van der Waals surface area contributed by atoms with Crippen molar-refractivity contribution < 1.29 is 9.53 Å². The van der Waals surface area contributed by atoms with Gasteiger partial charge in [0.1, 0.15) is 5.54 Å². The van der Waals surface area contributed by atoms with E-state index in [4.69, 9.17) is 4.74 Å². The highest BCUT2D eigenvalue weighted by Gasteiger charge is 2.47. The molecule has 0 spiro atoms. The molecule has 0 radical (unpaired) electrons. The molecule has 2 rings (SSSR count). The van der Waals surface area contributed by atoms with E-state index in [1.54, 1.807) is 0 Å². The van der Waals surface area contributed by atoms with Crippen LogP contribution in [0.5, 0.6) is 0 Å². The Bertz CT molecular complexity index is 350. The molecule has 1 heterocycles. The van der Waals surface area contributed by atoms with Gasteiger partial charge in [0.05, 0.1) is 7.11 Å². The Balaban J connectivity index is 2.00. The second-order valence-corrected chi connectivity index (χ2v) is 6.26. The van der Waals surface area contributed by atoms with Crippen LogP contribution in [0, 0.1) is 0 Å². The van der Waals surface area contributed by atoms with Crippen LogP contribution < -0.4 is 5.32 Å². The van der Waals surface area contributed by atoms with E-state index >= 15 is 0 Å². The number of hydrogen-bond donors (Lipinski definition) is 1. The lowest BCUT2D eigenvalue weighted by Gasteiger charge is -2.42. The van der Waals surface area contributed by atoms with Gasteiger partial charge in [-0.3, -0.25) is 9.69 Å². The standard InChI is InChI=1S/C15H29N3O2/c1-5-12-11-18(9-8-17(12)3)13-6-7-15(10-13,16-2)14(19)20-4/h12-13,16H,5-11H2,1-4H3. The highest BCUT2D eigenvalue weighted by Crippen LogP contribution is 2.34. The predicted molar refractivity (Wildman–Crippen MR) is 79.7 cm³/mol. The predicted octanol–water partition coefficient (Wildman–Crippen LogP) is 0.696. The van der Waals surface area contributed by atoms with Crippen LogP contribution in [0.15, 0.2) is 0 Å². The average Bonchev–Trinajstić information content (AvgIpc) is 2.92. The number of carbonyl (C=O) groups excluding carboxylic acids is 1. The molecule has 0 bridgehead atoms. The van der Waals surface area contributed by atoms with E-state index in [2.05, 4.69) is 29.1 Å². The van der Waals surface area contributed by atoms with Gasteiger partial charge in [0.15, 0.2) is 0 Å². The highest BCUT2D eigenvalue weighted by molar-refractivity contribution is 5.81. The van der Waals surface area contributed by atoms with E-state index in [1.807, 2.05) is 7.05 Å². The lowest BCUT2D eigenvalue weighted by molar-refractivity contribution is -0.148. The summed E-state index contributed by atoms with van der Waals surface area (Å²) in [5.74, 6) is -0.108. The van der Waals surface area contributed by atoms with Crippen LogP contribution >= 0.6 is 0 Å². The number of likely N-dealkylation sites (N-methyl/N-ethyl adjacent to an activating group) is 2. The van der Waals surface area contributed by atoms with Crippen LogP contribution in [0.2, 0.25) is 0 Å². The zero-order valence-corrected chi connectivity index (χ0v) is 13.3. The van der Waals surface area contributed by atoms with Crippen molar-refractivity contribution in [3.8, 4) is 0 Å². The van der Waals surface area contributed by atoms with E-state index in [-0.39, 0.29) is 5.97 Å². The molecule has 5 nitrogen and oxygen atoms in total. The van der Waals surface area contributed by atoms with Crippen molar-refractivity contribution in [2.24, 2.45) is 0 Å². The summed E-state index contributed by atoms with van der Waals surface area (Å²) in [6.45, 7) is 5.61. The Morgan fingerprint density at radius 2 is 2.20 bits per heavy atom. The van der Waals surface area contributed by atoms with Crippen molar-refractivity contribution in [1.82, 2.24) is 15.1 Å². The number of ether oxygens (including phenoxy) is 1. The van der Waals surface area contributed by atoms with Gasteiger partial charge in [-0.2, -0.15) is 0 Å². The normalized spacial score (nSPS) is 36.2. The van der Waals surface area contributed by atoms with Gasteiger partial charge in [0.25, 0.3) is 0 Å². The van der Waals surface area contributed by atoms with Gasteiger partial charge in [-0.25, -0.2) is 0 Å². The van der Waals surface area contributed by atoms with Gasteiger partial charge in [0.2, 0.25) is 0 Å². The SMILES string of the molecule is CCC1CN(C2CCC(NC)(C(=O)OC)C2)CCN1C. The Labute approximate surface area is 122 Å². The summed E-state index contributed by atoms with van der Waals surface area (Å²) >= 11 is 0. The smallest absolute Gasteiger partial charge is 0.326 e. The number of nitrogens with one attached hydrogen (secondary N) is 1. The fourth-order valence-electron chi connectivity index (χ4n) is 3.78. The third kappa shape index (κ3) is 2.85. The Kier molecular flexibility index (Phi) is 5.04. The molecule has 20 heavy (non-hydrogen) atoms. The minimum Gasteiger partial charge on any atom is -0.468 e. The third-order valence-corrected chi connectivity index (χ3v) is 5.34. The average molecular weight is 283 g/mol. The molecule has 0 amide bonds. The van der Waals surface area contributed by atoms with Crippen molar-refractivity contribution in [3.63, 3.8) is 0 Å². The number of nitrogens with zero attached hydrogens (tertiary/aromatic N) is 2. The van der Waals surface area contributed by atoms with Crippen molar-refractivity contribution in [2.45, 2.75) is 50.2 Å². The first-order valence-electron chi connectivity index (χ1n) is 7.78. The topological polar surface area (TPSA) is 44.8 Å². The number of hydrogen-bond acceptors (Lipinski definition) is 5. The molecule has 1 aliphatic heterocycles. The molecule has 1 N–H and O–H groups in total.